The van der Waals surface area contributed by atoms with Crippen LogP contribution in [0.15, 0.2) is 30.3 Å². The molecule has 0 saturated heterocycles. The van der Waals surface area contributed by atoms with E-state index in [1.807, 2.05) is 0 Å². The van der Waals surface area contributed by atoms with Crippen LogP contribution in [0.5, 0.6) is 0 Å². The van der Waals surface area contributed by atoms with E-state index in [1.54, 1.807) is 30.3 Å². The fourth-order valence-electron chi connectivity index (χ4n) is 1.22. The van der Waals surface area contributed by atoms with Crippen molar-refractivity contribution in [3.05, 3.63) is 35.9 Å². The van der Waals surface area contributed by atoms with E-state index in [-0.39, 0.29) is 18.8 Å². The van der Waals surface area contributed by atoms with Gasteiger partial charge in [0.25, 0.3) is 0 Å². The van der Waals surface area contributed by atoms with Crippen molar-refractivity contribution >= 4 is 21.6 Å². The predicted molar refractivity (Wildman–Crippen MR) is 65.8 cm³/mol. The summed E-state index contributed by atoms with van der Waals surface area (Å²) in [5, 5.41) is 0. The molecule has 18 heavy (non-hydrogen) atoms. The monoisotopic (exact) mass is 270 g/mol. The third kappa shape index (κ3) is 5.58. The molecule has 6 heteroatoms. The van der Waals surface area contributed by atoms with Crippen molar-refractivity contribution < 1.29 is 22.7 Å². The second kappa shape index (κ2) is 6.30. The molecule has 0 saturated carbocycles. The van der Waals surface area contributed by atoms with Crippen molar-refractivity contribution in [2.75, 3.05) is 18.6 Å². The summed E-state index contributed by atoms with van der Waals surface area (Å²) in [6.07, 6.45) is 0.991. The molecule has 1 aromatic rings. The van der Waals surface area contributed by atoms with Crippen molar-refractivity contribution in [1.29, 1.82) is 0 Å². The molecule has 0 N–H and O–H groups in total. The van der Waals surface area contributed by atoms with Crippen molar-refractivity contribution in [1.82, 2.24) is 0 Å². The van der Waals surface area contributed by atoms with Crippen LogP contribution in [-0.2, 0) is 30.6 Å². The summed E-state index contributed by atoms with van der Waals surface area (Å²) < 4.78 is 26.2. The summed E-state index contributed by atoms with van der Waals surface area (Å²) in [4.78, 5) is 22.7. The Morgan fingerprint density at radius 3 is 2.33 bits per heavy atom. The molecule has 0 amide bonds. The van der Waals surface area contributed by atoms with Crippen LogP contribution in [-0.4, -0.2) is 38.8 Å². The Morgan fingerprint density at radius 2 is 1.78 bits per heavy atom. The van der Waals surface area contributed by atoms with E-state index < -0.39 is 21.6 Å². The van der Waals surface area contributed by atoms with E-state index in [4.69, 9.17) is 0 Å². The van der Waals surface area contributed by atoms with Gasteiger partial charge in [-0.05, 0) is 5.56 Å². The van der Waals surface area contributed by atoms with Crippen LogP contribution < -0.4 is 0 Å². The number of Topliss-reactive ketones (excluding diaryl/α,β-unsaturated/α-hetero) is 1. The molecule has 5 nitrogen and oxygen atoms in total. The molecule has 0 radical (unpaired) electrons. The van der Waals surface area contributed by atoms with E-state index in [2.05, 4.69) is 4.74 Å². The first-order valence-corrected chi connectivity index (χ1v) is 7.36. The van der Waals surface area contributed by atoms with Crippen molar-refractivity contribution in [2.45, 2.75) is 6.42 Å². The van der Waals surface area contributed by atoms with E-state index in [9.17, 15) is 18.0 Å². The number of sulfone groups is 1. The molecule has 0 unspecified atom stereocenters. The van der Waals surface area contributed by atoms with Gasteiger partial charge in [0.05, 0.1) is 5.75 Å². The highest BCUT2D eigenvalue weighted by molar-refractivity contribution is 7.90. The predicted octanol–water partition coefficient (Wildman–Crippen LogP) is 0.386. The molecule has 0 aliphatic carbocycles. The molecule has 0 heterocycles. The van der Waals surface area contributed by atoms with Crippen LogP contribution in [0.4, 0.5) is 0 Å². The number of benzene rings is 1. The quantitative estimate of drug-likeness (QED) is 0.552. The summed E-state index contributed by atoms with van der Waals surface area (Å²) in [6.45, 7) is -0.293. The number of ketones is 1. The molecule has 98 valence electrons. The topological polar surface area (TPSA) is 77.5 Å². The van der Waals surface area contributed by atoms with Gasteiger partial charge in [0.2, 0.25) is 5.78 Å². The van der Waals surface area contributed by atoms with Gasteiger partial charge in [-0.25, -0.2) is 13.2 Å². The van der Waals surface area contributed by atoms with E-state index in [1.165, 1.54) is 0 Å². The molecule has 0 aliphatic rings. The van der Waals surface area contributed by atoms with Gasteiger partial charge in [0, 0.05) is 12.7 Å². The smallest absolute Gasteiger partial charge is 0.374 e. The zero-order chi connectivity index (χ0) is 13.6. The summed E-state index contributed by atoms with van der Waals surface area (Å²) in [5.41, 5.74) is 0.711. The lowest BCUT2D eigenvalue weighted by Crippen LogP contribution is -2.22. The number of ether oxygens (including phenoxy) is 1. The molecular weight excluding hydrogens is 256 g/mol. The second-order valence-electron chi connectivity index (χ2n) is 3.85. The highest BCUT2D eigenvalue weighted by Crippen LogP contribution is 2.01. The zero-order valence-corrected chi connectivity index (χ0v) is 10.8. The minimum absolute atomic E-state index is 0.0431. The SMILES string of the molecule is CS(=O)(=O)CCOC(=O)C(=O)Cc1ccccc1. The zero-order valence-electron chi connectivity index (χ0n) is 9.96. The van der Waals surface area contributed by atoms with Crippen LogP contribution in [0.1, 0.15) is 5.56 Å². The Kier molecular flexibility index (Phi) is 5.03. The number of hydrogen-bond donors (Lipinski definition) is 0. The average molecular weight is 270 g/mol. The maximum atomic E-state index is 11.4. The maximum absolute atomic E-state index is 11.4. The second-order valence-corrected chi connectivity index (χ2v) is 6.11. The molecule has 0 spiro atoms. The summed E-state index contributed by atoms with van der Waals surface area (Å²) >= 11 is 0. The Morgan fingerprint density at radius 1 is 1.17 bits per heavy atom. The first-order chi connectivity index (χ1) is 8.38. The Labute approximate surface area is 106 Å². The fourth-order valence-corrected chi connectivity index (χ4v) is 1.61. The van der Waals surface area contributed by atoms with Crippen molar-refractivity contribution in [3.8, 4) is 0 Å². The van der Waals surface area contributed by atoms with Crippen LogP contribution in [0.25, 0.3) is 0 Å². The molecule has 0 bridgehead atoms. The van der Waals surface area contributed by atoms with Crippen LogP contribution >= 0.6 is 0 Å². The number of carbonyl (C=O) groups excluding carboxylic acids is 2. The van der Waals surface area contributed by atoms with E-state index in [0.29, 0.717) is 5.56 Å². The highest BCUT2D eigenvalue weighted by Gasteiger charge is 2.16. The number of rotatable bonds is 6. The lowest BCUT2D eigenvalue weighted by atomic mass is 10.1. The average Bonchev–Trinajstić information content (AvgIpc) is 2.28. The van der Waals surface area contributed by atoms with Crippen molar-refractivity contribution in [3.63, 3.8) is 0 Å². The van der Waals surface area contributed by atoms with Crippen LogP contribution in [0, 0.1) is 0 Å². The largest absolute Gasteiger partial charge is 0.459 e. The first kappa shape index (κ1) is 14.4. The lowest BCUT2D eigenvalue weighted by Gasteiger charge is -2.03. The van der Waals surface area contributed by atoms with Gasteiger partial charge in [-0.2, -0.15) is 0 Å². The maximum Gasteiger partial charge on any atom is 0.374 e. The molecule has 0 fully saturated rings. The van der Waals surface area contributed by atoms with Gasteiger partial charge in [0.15, 0.2) is 9.84 Å². The highest BCUT2D eigenvalue weighted by atomic mass is 32.2. The molecule has 0 aromatic heterocycles. The molecule has 1 aromatic carbocycles. The summed E-state index contributed by atoms with van der Waals surface area (Å²) in [6, 6.07) is 8.77. The third-order valence-electron chi connectivity index (χ3n) is 2.12. The Balaban J connectivity index is 2.41. The van der Waals surface area contributed by atoms with E-state index >= 15 is 0 Å². The standard InChI is InChI=1S/C12H14O5S/c1-18(15,16)8-7-17-12(14)11(13)9-10-5-3-2-4-6-10/h2-6H,7-9H2,1H3. The van der Waals surface area contributed by atoms with Crippen LogP contribution in [0.3, 0.4) is 0 Å². The van der Waals surface area contributed by atoms with Crippen molar-refractivity contribution in [2.24, 2.45) is 0 Å². The molecule has 0 atom stereocenters. The number of carbonyl (C=O) groups is 2. The van der Waals surface area contributed by atoms with Gasteiger partial charge >= 0.3 is 5.97 Å². The third-order valence-corrected chi connectivity index (χ3v) is 3.03. The van der Waals surface area contributed by atoms with Gasteiger partial charge in [-0.1, -0.05) is 30.3 Å². The van der Waals surface area contributed by atoms with Gasteiger partial charge < -0.3 is 4.74 Å². The number of hydrogen-bond acceptors (Lipinski definition) is 5. The van der Waals surface area contributed by atoms with E-state index in [0.717, 1.165) is 6.26 Å². The minimum Gasteiger partial charge on any atom is -0.459 e. The van der Waals surface area contributed by atoms with Gasteiger partial charge in [-0.3, -0.25) is 4.79 Å². The first-order valence-electron chi connectivity index (χ1n) is 5.30. The summed E-state index contributed by atoms with van der Waals surface area (Å²) in [5.74, 6) is -1.96. The Bertz CT molecular complexity index is 519. The normalized spacial score (nSPS) is 10.9. The molecule has 1 rings (SSSR count). The molecular formula is C12H14O5S. The lowest BCUT2D eigenvalue weighted by molar-refractivity contribution is -0.153. The van der Waals surface area contributed by atoms with Gasteiger partial charge in [-0.15, -0.1) is 0 Å². The van der Waals surface area contributed by atoms with Crippen LogP contribution in [0.2, 0.25) is 0 Å². The summed E-state index contributed by atoms with van der Waals surface area (Å²) in [7, 11) is -3.19. The fraction of sp³-hybridized carbons (Fsp3) is 0.333. The minimum atomic E-state index is -3.19. The molecule has 0 aliphatic heterocycles. The number of esters is 1. The van der Waals surface area contributed by atoms with Gasteiger partial charge in [0.1, 0.15) is 6.61 Å². The Hall–Kier alpha value is -1.69.